The second-order valence-corrected chi connectivity index (χ2v) is 4.46. The van der Waals surface area contributed by atoms with E-state index in [0.29, 0.717) is 0 Å². The van der Waals surface area contributed by atoms with Gasteiger partial charge in [-0.05, 0) is 31.5 Å². The first-order valence-corrected chi connectivity index (χ1v) is 5.93. The zero-order valence-corrected chi connectivity index (χ0v) is 10.9. The molecular weight excluding hydrogens is 248 g/mol. The number of hydrogen-bond donors (Lipinski definition) is 3. The highest BCUT2D eigenvalue weighted by molar-refractivity contribution is 5.83. The second kappa shape index (κ2) is 6.63. The molecule has 0 radical (unpaired) electrons. The topological polar surface area (TPSA) is 102 Å². The predicted molar refractivity (Wildman–Crippen MR) is 69.5 cm³/mol. The van der Waals surface area contributed by atoms with Gasteiger partial charge in [-0.15, -0.1) is 0 Å². The van der Waals surface area contributed by atoms with Crippen molar-refractivity contribution in [2.45, 2.75) is 32.4 Å². The van der Waals surface area contributed by atoms with Gasteiger partial charge < -0.3 is 20.9 Å². The number of ether oxygens (including phenoxy) is 1. The number of aromatic hydroxyl groups is 1. The highest BCUT2D eigenvalue weighted by Crippen LogP contribution is 2.12. The number of phenols is 1. The lowest BCUT2D eigenvalue weighted by molar-refractivity contribution is -0.129. The highest BCUT2D eigenvalue weighted by atomic mass is 16.6. The summed E-state index contributed by atoms with van der Waals surface area (Å²) < 4.78 is 4.81. The van der Waals surface area contributed by atoms with Gasteiger partial charge in [0.25, 0.3) is 5.91 Å². The quantitative estimate of drug-likeness (QED) is 0.737. The molecule has 0 aliphatic rings. The van der Waals surface area contributed by atoms with Crippen molar-refractivity contribution in [3.8, 4) is 5.75 Å². The van der Waals surface area contributed by atoms with Gasteiger partial charge in [-0.1, -0.05) is 12.1 Å². The van der Waals surface area contributed by atoms with Crippen LogP contribution < -0.4 is 11.1 Å². The van der Waals surface area contributed by atoms with Crippen LogP contribution in [0.25, 0.3) is 0 Å². The fraction of sp³-hybridized carbons (Fsp3) is 0.385. The third-order valence-corrected chi connectivity index (χ3v) is 2.34. The van der Waals surface area contributed by atoms with Gasteiger partial charge in [-0.2, -0.15) is 0 Å². The summed E-state index contributed by atoms with van der Waals surface area (Å²) in [5, 5.41) is 11.8. The van der Waals surface area contributed by atoms with Gasteiger partial charge in [-0.25, -0.2) is 4.79 Å². The number of carbonyl (C=O) groups excluding carboxylic acids is 2. The Morgan fingerprint density at radius 3 is 2.37 bits per heavy atom. The third kappa shape index (κ3) is 5.29. The van der Waals surface area contributed by atoms with Crippen molar-refractivity contribution in [3.05, 3.63) is 29.8 Å². The summed E-state index contributed by atoms with van der Waals surface area (Å²) in [4.78, 5) is 22.7. The molecule has 6 heteroatoms. The van der Waals surface area contributed by atoms with Crippen LogP contribution in [0.1, 0.15) is 19.4 Å². The van der Waals surface area contributed by atoms with E-state index in [9.17, 15) is 14.7 Å². The standard InChI is InChI=1S/C13H18N2O4/c1-8(2)15-12(17)11(19-13(14)18)7-9-3-5-10(16)6-4-9/h3-6,8,11,16H,7H2,1-2H3,(H2,14,18)(H,15,17)/t11-/m0/s1. The van der Waals surface area contributed by atoms with E-state index in [2.05, 4.69) is 5.32 Å². The number of phenolic OH excluding ortho intramolecular Hbond substituents is 1. The number of nitrogens with two attached hydrogens (primary N) is 1. The smallest absolute Gasteiger partial charge is 0.405 e. The molecule has 1 aromatic carbocycles. The van der Waals surface area contributed by atoms with Gasteiger partial charge in [-0.3, -0.25) is 4.79 Å². The van der Waals surface area contributed by atoms with E-state index in [-0.39, 0.29) is 18.2 Å². The first-order valence-electron chi connectivity index (χ1n) is 5.93. The first kappa shape index (κ1) is 14.8. The van der Waals surface area contributed by atoms with E-state index in [0.717, 1.165) is 5.56 Å². The Kier molecular flexibility index (Phi) is 5.17. The van der Waals surface area contributed by atoms with Gasteiger partial charge in [0.1, 0.15) is 5.75 Å². The molecule has 0 unspecified atom stereocenters. The predicted octanol–water partition coefficient (Wildman–Crippen LogP) is 0.923. The number of hydrogen-bond acceptors (Lipinski definition) is 4. The summed E-state index contributed by atoms with van der Waals surface area (Å²) in [5.74, 6) is -0.273. The maximum atomic E-state index is 11.9. The maximum absolute atomic E-state index is 11.9. The molecule has 1 aromatic rings. The summed E-state index contributed by atoms with van der Waals surface area (Å²) in [5.41, 5.74) is 5.71. The first-order chi connectivity index (χ1) is 8.88. The van der Waals surface area contributed by atoms with Crippen molar-refractivity contribution < 1.29 is 19.4 Å². The minimum absolute atomic E-state index is 0.0636. The summed E-state index contributed by atoms with van der Waals surface area (Å²) in [6.45, 7) is 3.61. The monoisotopic (exact) mass is 266 g/mol. The average Bonchev–Trinajstić information content (AvgIpc) is 2.29. The lowest BCUT2D eigenvalue weighted by atomic mass is 10.1. The zero-order chi connectivity index (χ0) is 14.4. The van der Waals surface area contributed by atoms with Crippen LogP contribution in [0.3, 0.4) is 0 Å². The molecule has 0 bridgehead atoms. The van der Waals surface area contributed by atoms with Crippen molar-refractivity contribution in [1.82, 2.24) is 5.32 Å². The fourth-order valence-corrected chi connectivity index (χ4v) is 1.55. The molecule has 0 aliphatic carbocycles. The average molecular weight is 266 g/mol. The Morgan fingerprint density at radius 1 is 1.32 bits per heavy atom. The van der Waals surface area contributed by atoms with Crippen LogP contribution in [0.2, 0.25) is 0 Å². The molecule has 1 rings (SSSR count). The maximum Gasteiger partial charge on any atom is 0.405 e. The molecule has 2 amide bonds. The summed E-state index contributed by atoms with van der Waals surface area (Å²) in [7, 11) is 0. The van der Waals surface area contributed by atoms with E-state index in [1.54, 1.807) is 26.0 Å². The normalized spacial score (nSPS) is 11.9. The lowest BCUT2D eigenvalue weighted by Gasteiger charge is -2.18. The number of rotatable bonds is 5. The van der Waals surface area contributed by atoms with Crippen LogP contribution in [0.5, 0.6) is 5.75 Å². The van der Waals surface area contributed by atoms with Crippen molar-refractivity contribution >= 4 is 12.0 Å². The Balaban J connectivity index is 2.76. The molecule has 104 valence electrons. The molecule has 1 atom stereocenters. The molecule has 0 saturated heterocycles. The largest absolute Gasteiger partial charge is 0.508 e. The van der Waals surface area contributed by atoms with Crippen LogP contribution in [-0.4, -0.2) is 29.3 Å². The van der Waals surface area contributed by atoms with E-state index in [1.807, 2.05) is 0 Å². The number of benzene rings is 1. The molecule has 19 heavy (non-hydrogen) atoms. The van der Waals surface area contributed by atoms with Crippen LogP contribution in [0, 0.1) is 0 Å². The van der Waals surface area contributed by atoms with Crippen LogP contribution in [0.15, 0.2) is 24.3 Å². The summed E-state index contributed by atoms with van der Waals surface area (Å²) in [6.07, 6.45) is -1.78. The SMILES string of the molecule is CC(C)NC(=O)[C@H](Cc1ccc(O)cc1)OC(N)=O. The third-order valence-electron chi connectivity index (χ3n) is 2.34. The van der Waals surface area contributed by atoms with E-state index < -0.39 is 18.1 Å². The van der Waals surface area contributed by atoms with Crippen LogP contribution in [0.4, 0.5) is 4.79 Å². The summed E-state index contributed by atoms with van der Waals surface area (Å²) in [6, 6.07) is 6.23. The summed E-state index contributed by atoms with van der Waals surface area (Å²) >= 11 is 0. The molecule has 0 aliphatic heterocycles. The number of carbonyl (C=O) groups is 2. The molecular formula is C13H18N2O4. The number of nitrogens with one attached hydrogen (secondary N) is 1. The van der Waals surface area contributed by atoms with E-state index >= 15 is 0 Å². The van der Waals surface area contributed by atoms with Crippen molar-refractivity contribution in [2.24, 2.45) is 5.73 Å². The lowest BCUT2D eigenvalue weighted by Crippen LogP contribution is -2.43. The molecule has 4 N–H and O–H groups in total. The van der Waals surface area contributed by atoms with Crippen molar-refractivity contribution in [3.63, 3.8) is 0 Å². The van der Waals surface area contributed by atoms with Gasteiger partial charge in [0.05, 0.1) is 0 Å². The number of amides is 2. The van der Waals surface area contributed by atoms with Gasteiger partial charge >= 0.3 is 6.09 Å². The molecule has 6 nitrogen and oxygen atoms in total. The Hall–Kier alpha value is -2.24. The Bertz CT molecular complexity index is 442. The second-order valence-electron chi connectivity index (χ2n) is 4.46. The minimum Gasteiger partial charge on any atom is -0.508 e. The van der Waals surface area contributed by atoms with Crippen LogP contribution in [-0.2, 0) is 16.0 Å². The highest BCUT2D eigenvalue weighted by Gasteiger charge is 2.22. The zero-order valence-electron chi connectivity index (χ0n) is 10.9. The Labute approximate surface area is 111 Å². The van der Waals surface area contributed by atoms with E-state index in [4.69, 9.17) is 10.5 Å². The molecule has 0 saturated carbocycles. The fourth-order valence-electron chi connectivity index (χ4n) is 1.55. The minimum atomic E-state index is -0.998. The number of primary amides is 1. The van der Waals surface area contributed by atoms with Gasteiger partial charge in [0.15, 0.2) is 6.10 Å². The molecule has 0 fully saturated rings. The van der Waals surface area contributed by atoms with E-state index in [1.165, 1.54) is 12.1 Å². The molecule has 0 heterocycles. The van der Waals surface area contributed by atoms with Crippen LogP contribution >= 0.6 is 0 Å². The molecule has 0 aromatic heterocycles. The van der Waals surface area contributed by atoms with Crippen molar-refractivity contribution in [1.29, 1.82) is 0 Å². The van der Waals surface area contributed by atoms with Gasteiger partial charge in [0.2, 0.25) is 0 Å². The van der Waals surface area contributed by atoms with Crippen molar-refractivity contribution in [2.75, 3.05) is 0 Å². The Morgan fingerprint density at radius 2 is 1.89 bits per heavy atom. The molecule has 0 spiro atoms. The van der Waals surface area contributed by atoms with Gasteiger partial charge in [0, 0.05) is 12.5 Å².